The van der Waals surface area contributed by atoms with Gasteiger partial charge >= 0.3 is 17.9 Å². The lowest BCUT2D eigenvalue weighted by atomic mass is 10.00. The summed E-state index contributed by atoms with van der Waals surface area (Å²) in [5.74, 6) is -1.16. The lowest BCUT2D eigenvalue weighted by molar-refractivity contribution is -0.143. The van der Waals surface area contributed by atoms with Gasteiger partial charge in [0.15, 0.2) is 0 Å². The van der Waals surface area contributed by atoms with Crippen molar-refractivity contribution >= 4 is 17.9 Å². The molecule has 8 heteroatoms. The van der Waals surface area contributed by atoms with Gasteiger partial charge in [0.1, 0.15) is 23.6 Å². The van der Waals surface area contributed by atoms with Crippen molar-refractivity contribution in [2.75, 3.05) is 6.61 Å². The van der Waals surface area contributed by atoms with Crippen LogP contribution in [0, 0.1) is 13.8 Å². The van der Waals surface area contributed by atoms with Crippen molar-refractivity contribution in [3.63, 3.8) is 0 Å². The Hall–Kier alpha value is -3.81. The van der Waals surface area contributed by atoms with Crippen LogP contribution in [0.25, 0.3) is 0 Å². The molecule has 39 heavy (non-hydrogen) atoms. The summed E-state index contributed by atoms with van der Waals surface area (Å²) in [5, 5.41) is 0. The van der Waals surface area contributed by atoms with Gasteiger partial charge in [0.25, 0.3) is 0 Å². The molecule has 2 N–H and O–H groups in total. The van der Waals surface area contributed by atoms with Crippen molar-refractivity contribution in [3.8, 4) is 0 Å². The smallest absolute Gasteiger partial charge is 0.355 e. The zero-order valence-corrected chi connectivity index (χ0v) is 24.1. The summed E-state index contributed by atoms with van der Waals surface area (Å²) in [6.45, 7) is 13.6. The van der Waals surface area contributed by atoms with Gasteiger partial charge in [-0.1, -0.05) is 37.3 Å². The van der Waals surface area contributed by atoms with Crippen LogP contribution in [0.4, 0.5) is 0 Å². The third-order valence-corrected chi connectivity index (χ3v) is 6.56. The van der Waals surface area contributed by atoms with Crippen molar-refractivity contribution in [2.45, 2.75) is 86.4 Å². The van der Waals surface area contributed by atoms with Gasteiger partial charge in [-0.25, -0.2) is 9.59 Å². The highest BCUT2D eigenvalue weighted by atomic mass is 16.6. The second kappa shape index (κ2) is 12.8. The Labute approximate surface area is 230 Å². The van der Waals surface area contributed by atoms with Gasteiger partial charge in [-0.2, -0.15) is 0 Å². The number of nitrogens with one attached hydrogen (secondary N) is 2. The summed E-state index contributed by atoms with van der Waals surface area (Å²) in [6, 6.07) is 9.48. The normalized spacial score (nSPS) is 11.4. The first-order valence-corrected chi connectivity index (χ1v) is 13.5. The minimum atomic E-state index is -0.618. The van der Waals surface area contributed by atoms with E-state index in [-0.39, 0.29) is 19.0 Å². The maximum absolute atomic E-state index is 13.1. The number of carbonyl (C=O) groups is 3. The molecule has 2 aromatic heterocycles. The average molecular weight is 537 g/mol. The average Bonchev–Trinajstić information content (AvgIpc) is 3.37. The maximum Gasteiger partial charge on any atom is 0.355 e. The SMILES string of the molecule is CCOC(=O)CCc1c(Cc2[nH]c(C(=O)OC(C)(C)C)c(CC)c2C)[nH]c(C(=O)OCc2ccccc2)c1C. The van der Waals surface area contributed by atoms with E-state index in [0.717, 1.165) is 39.2 Å². The number of H-pyrrole nitrogens is 2. The summed E-state index contributed by atoms with van der Waals surface area (Å²) in [6.07, 6.45) is 1.66. The fourth-order valence-corrected chi connectivity index (χ4v) is 4.63. The predicted octanol–water partition coefficient (Wildman–Crippen LogP) is 5.92. The Morgan fingerprint density at radius 3 is 2.10 bits per heavy atom. The zero-order valence-electron chi connectivity index (χ0n) is 24.1. The molecular weight excluding hydrogens is 496 g/mol. The number of hydrogen-bond donors (Lipinski definition) is 2. The molecule has 0 radical (unpaired) electrons. The van der Waals surface area contributed by atoms with Crippen molar-refractivity contribution < 1.29 is 28.6 Å². The molecule has 0 unspecified atom stereocenters. The van der Waals surface area contributed by atoms with Crippen LogP contribution in [0.1, 0.15) is 101 Å². The standard InChI is InChI=1S/C31H40N2O6/c1-8-22-19(3)24(32-28(22)30(36)39-31(5,6)7)17-25-23(15-16-26(34)37-9-2)20(4)27(33-25)29(35)38-18-21-13-11-10-12-14-21/h10-14,32-33H,8-9,15-18H2,1-7H3. The third-order valence-electron chi connectivity index (χ3n) is 6.56. The second-order valence-corrected chi connectivity index (χ2v) is 10.6. The number of ether oxygens (including phenoxy) is 3. The number of carbonyl (C=O) groups excluding carboxylic acids is 3. The second-order valence-electron chi connectivity index (χ2n) is 10.6. The summed E-state index contributed by atoms with van der Waals surface area (Å²) in [7, 11) is 0. The Bertz CT molecular complexity index is 1310. The van der Waals surface area contributed by atoms with Crippen LogP contribution in [-0.2, 0) is 44.9 Å². The summed E-state index contributed by atoms with van der Waals surface area (Å²) >= 11 is 0. The molecule has 210 valence electrons. The highest BCUT2D eigenvalue weighted by Gasteiger charge is 2.26. The lowest BCUT2D eigenvalue weighted by Gasteiger charge is -2.19. The number of aromatic nitrogens is 2. The van der Waals surface area contributed by atoms with Gasteiger partial charge in [0, 0.05) is 24.2 Å². The van der Waals surface area contributed by atoms with E-state index in [9.17, 15) is 14.4 Å². The molecule has 0 spiro atoms. The lowest BCUT2D eigenvalue weighted by Crippen LogP contribution is -2.24. The zero-order chi connectivity index (χ0) is 28.7. The molecule has 0 bridgehead atoms. The minimum absolute atomic E-state index is 0.153. The van der Waals surface area contributed by atoms with Crippen LogP contribution in [0.3, 0.4) is 0 Å². The van der Waals surface area contributed by atoms with E-state index in [1.807, 2.05) is 71.9 Å². The number of rotatable bonds is 11. The molecule has 0 fully saturated rings. The number of benzene rings is 1. The van der Waals surface area contributed by atoms with Crippen LogP contribution in [0.5, 0.6) is 0 Å². The predicted molar refractivity (Wildman–Crippen MR) is 149 cm³/mol. The molecule has 0 amide bonds. The van der Waals surface area contributed by atoms with Gasteiger partial charge in [0.2, 0.25) is 0 Å². The van der Waals surface area contributed by atoms with Crippen LogP contribution in [0.2, 0.25) is 0 Å². The van der Waals surface area contributed by atoms with Gasteiger partial charge in [-0.3, -0.25) is 4.79 Å². The molecule has 3 rings (SSSR count). The van der Waals surface area contributed by atoms with Crippen LogP contribution >= 0.6 is 0 Å². The summed E-state index contributed by atoms with van der Waals surface area (Å²) < 4.78 is 16.3. The Morgan fingerprint density at radius 1 is 0.821 bits per heavy atom. The molecule has 0 saturated carbocycles. The van der Waals surface area contributed by atoms with Crippen molar-refractivity contribution in [1.82, 2.24) is 9.97 Å². The molecule has 3 aromatic rings. The highest BCUT2D eigenvalue weighted by Crippen LogP contribution is 2.28. The monoisotopic (exact) mass is 536 g/mol. The molecule has 0 aliphatic rings. The van der Waals surface area contributed by atoms with Crippen LogP contribution in [0.15, 0.2) is 30.3 Å². The van der Waals surface area contributed by atoms with Crippen LogP contribution in [-0.4, -0.2) is 40.1 Å². The molecule has 0 aliphatic heterocycles. The van der Waals surface area contributed by atoms with E-state index < -0.39 is 17.5 Å². The number of aromatic amines is 2. The maximum atomic E-state index is 13.1. The highest BCUT2D eigenvalue weighted by molar-refractivity contribution is 5.91. The Kier molecular flexibility index (Phi) is 9.78. The molecule has 1 aromatic carbocycles. The Morgan fingerprint density at radius 2 is 1.49 bits per heavy atom. The van der Waals surface area contributed by atoms with E-state index in [1.165, 1.54) is 0 Å². The first-order valence-electron chi connectivity index (χ1n) is 13.5. The van der Waals surface area contributed by atoms with E-state index in [4.69, 9.17) is 14.2 Å². The van der Waals surface area contributed by atoms with Crippen LogP contribution < -0.4 is 0 Å². The molecule has 0 aliphatic carbocycles. The summed E-state index contributed by atoms with van der Waals surface area (Å²) in [4.78, 5) is 44.7. The first kappa shape index (κ1) is 29.7. The summed E-state index contributed by atoms with van der Waals surface area (Å²) in [5.41, 5.74) is 6.16. The number of hydrogen-bond acceptors (Lipinski definition) is 6. The quantitative estimate of drug-likeness (QED) is 0.232. The first-order chi connectivity index (χ1) is 18.4. The fourth-order valence-electron chi connectivity index (χ4n) is 4.63. The molecular formula is C31H40N2O6. The fraction of sp³-hybridized carbons (Fsp3) is 0.452. The van der Waals surface area contributed by atoms with Gasteiger partial charge in [0.05, 0.1) is 6.61 Å². The van der Waals surface area contributed by atoms with E-state index in [2.05, 4.69) is 9.97 Å². The van der Waals surface area contributed by atoms with E-state index >= 15 is 0 Å². The van der Waals surface area contributed by atoms with Crippen molar-refractivity contribution in [2.24, 2.45) is 0 Å². The van der Waals surface area contributed by atoms with Crippen molar-refractivity contribution in [1.29, 1.82) is 0 Å². The molecule has 8 nitrogen and oxygen atoms in total. The Balaban J connectivity index is 1.94. The molecule has 0 atom stereocenters. The minimum Gasteiger partial charge on any atom is -0.466 e. The topological polar surface area (TPSA) is 110 Å². The molecule has 0 saturated heterocycles. The van der Waals surface area contributed by atoms with Gasteiger partial charge < -0.3 is 24.2 Å². The number of esters is 3. The van der Waals surface area contributed by atoms with E-state index in [0.29, 0.717) is 37.3 Å². The largest absolute Gasteiger partial charge is 0.466 e. The molecule has 2 heterocycles. The van der Waals surface area contributed by atoms with Gasteiger partial charge in [-0.15, -0.1) is 0 Å². The van der Waals surface area contributed by atoms with Gasteiger partial charge in [-0.05, 0) is 82.2 Å². The third kappa shape index (κ3) is 7.62. The van der Waals surface area contributed by atoms with Crippen molar-refractivity contribution in [3.05, 3.63) is 80.9 Å². The van der Waals surface area contributed by atoms with E-state index in [1.54, 1.807) is 6.92 Å².